The Bertz CT molecular complexity index is 695. The summed E-state index contributed by atoms with van der Waals surface area (Å²) in [5, 5.41) is 17.3. The van der Waals surface area contributed by atoms with Gasteiger partial charge in [-0.1, -0.05) is 12.1 Å². The predicted octanol–water partition coefficient (Wildman–Crippen LogP) is 2.93. The van der Waals surface area contributed by atoms with E-state index >= 15 is 0 Å². The molecule has 108 valence electrons. The molecule has 2 N–H and O–H groups in total. The van der Waals surface area contributed by atoms with E-state index in [0.717, 1.165) is 28.5 Å². The standard InChI is InChI=1S/C14H15N5OS/c1-21-9-13-6-5-12(20-13)8-15-11-4-2-3-10(7-11)14-16-18-19-17-14/h2-7,15H,8-9H2,1H3,(H,16,17,18,19). The lowest BCUT2D eigenvalue weighted by Crippen LogP contribution is -1.98. The fourth-order valence-corrected chi connectivity index (χ4v) is 2.42. The molecule has 7 heteroatoms. The SMILES string of the molecule is CSCc1ccc(CNc2cccc(-c3nn[nH]n3)c2)o1. The average Bonchev–Trinajstić information content (AvgIpc) is 3.18. The van der Waals surface area contributed by atoms with E-state index < -0.39 is 0 Å². The van der Waals surface area contributed by atoms with E-state index in [0.29, 0.717) is 12.4 Å². The number of aromatic nitrogens is 4. The van der Waals surface area contributed by atoms with Crippen LogP contribution in [-0.4, -0.2) is 26.9 Å². The molecule has 6 nitrogen and oxygen atoms in total. The minimum absolute atomic E-state index is 0.582. The van der Waals surface area contributed by atoms with Crippen molar-refractivity contribution in [1.29, 1.82) is 0 Å². The third kappa shape index (κ3) is 3.43. The molecule has 0 aliphatic heterocycles. The monoisotopic (exact) mass is 301 g/mol. The Morgan fingerprint density at radius 3 is 2.95 bits per heavy atom. The summed E-state index contributed by atoms with van der Waals surface area (Å²) >= 11 is 1.75. The van der Waals surface area contributed by atoms with Gasteiger partial charge < -0.3 is 9.73 Å². The zero-order chi connectivity index (χ0) is 14.5. The van der Waals surface area contributed by atoms with Crippen molar-refractivity contribution < 1.29 is 4.42 Å². The van der Waals surface area contributed by atoms with Crippen molar-refractivity contribution >= 4 is 17.4 Å². The Morgan fingerprint density at radius 1 is 1.24 bits per heavy atom. The highest BCUT2D eigenvalue weighted by atomic mass is 32.2. The van der Waals surface area contributed by atoms with E-state index in [1.54, 1.807) is 11.8 Å². The number of tetrazole rings is 1. The zero-order valence-electron chi connectivity index (χ0n) is 11.5. The Balaban J connectivity index is 1.66. The summed E-state index contributed by atoms with van der Waals surface area (Å²) in [6.45, 7) is 0.643. The zero-order valence-corrected chi connectivity index (χ0v) is 12.4. The second-order valence-electron chi connectivity index (χ2n) is 4.47. The van der Waals surface area contributed by atoms with E-state index in [4.69, 9.17) is 4.42 Å². The summed E-state index contributed by atoms with van der Waals surface area (Å²) in [4.78, 5) is 0. The lowest BCUT2D eigenvalue weighted by Gasteiger charge is -2.05. The van der Waals surface area contributed by atoms with Crippen molar-refractivity contribution in [1.82, 2.24) is 20.6 Å². The maximum atomic E-state index is 5.73. The van der Waals surface area contributed by atoms with Crippen LogP contribution < -0.4 is 5.32 Å². The van der Waals surface area contributed by atoms with Gasteiger partial charge in [-0.2, -0.15) is 17.0 Å². The van der Waals surface area contributed by atoms with Crippen LogP contribution in [0.1, 0.15) is 11.5 Å². The smallest absolute Gasteiger partial charge is 0.204 e. The largest absolute Gasteiger partial charge is 0.463 e. The highest BCUT2D eigenvalue weighted by molar-refractivity contribution is 7.97. The van der Waals surface area contributed by atoms with Gasteiger partial charge in [-0.15, -0.1) is 10.2 Å². The second-order valence-corrected chi connectivity index (χ2v) is 5.34. The molecule has 0 saturated heterocycles. The lowest BCUT2D eigenvalue weighted by molar-refractivity contribution is 0.487. The van der Waals surface area contributed by atoms with E-state index in [9.17, 15) is 0 Å². The van der Waals surface area contributed by atoms with Crippen molar-refractivity contribution in [3.05, 3.63) is 47.9 Å². The molecule has 0 amide bonds. The maximum absolute atomic E-state index is 5.73. The molecular weight excluding hydrogens is 286 g/mol. The normalized spacial score (nSPS) is 10.7. The van der Waals surface area contributed by atoms with Gasteiger partial charge in [-0.05, 0) is 35.7 Å². The number of nitrogens with one attached hydrogen (secondary N) is 2. The van der Waals surface area contributed by atoms with Crippen molar-refractivity contribution in [2.45, 2.75) is 12.3 Å². The van der Waals surface area contributed by atoms with Gasteiger partial charge in [0.05, 0.1) is 12.3 Å². The second kappa shape index (κ2) is 6.45. The fourth-order valence-electron chi connectivity index (χ4n) is 1.98. The van der Waals surface area contributed by atoms with Crippen LogP contribution in [0.2, 0.25) is 0 Å². The molecule has 21 heavy (non-hydrogen) atoms. The third-order valence-corrected chi connectivity index (χ3v) is 3.51. The molecule has 0 saturated carbocycles. The van der Waals surface area contributed by atoms with Crippen LogP contribution in [0.3, 0.4) is 0 Å². The molecule has 0 atom stereocenters. The Labute approximate surface area is 126 Å². The Hall–Kier alpha value is -2.28. The number of benzene rings is 1. The number of H-pyrrole nitrogens is 1. The number of hydrogen-bond acceptors (Lipinski definition) is 6. The summed E-state index contributed by atoms with van der Waals surface area (Å²) in [6.07, 6.45) is 2.06. The van der Waals surface area contributed by atoms with Crippen LogP contribution in [0.5, 0.6) is 0 Å². The average molecular weight is 301 g/mol. The Kier molecular flexibility index (Phi) is 4.20. The molecular formula is C14H15N5OS. The number of thioether (sulfide) groups is 1. The number of hydrogen-bond donors (Lipinski definition) is 2. The van der Waals surface area contributed by atoms with Gasteiger partial charge >= 0.3 is 0 Å². The summed E-state index contributed by atoms with van der Waals surface area (Å²) in [6, 6.07) is 11.9. The molecule has 0 spiro atoms. The lowest BCUT2D eigenvalue weighted by atomic mass is 10.2. The molecule has 0 unspecified atom stereocenters. The van der Waals surface area contributed by atoms with Crippen molar-refractivity contribution in [2.75, 3.05) is 11.6 Å². The molecule has 3 aromatic rings. The fraction of sp³-hybridized carbons (Fsp3) is 0.214. The van der Waals surface area contributed by atoms with E-state index in [1.807, 2.05) is 36.4 Å². The van der Waals surface area contributed by atoms with Crippen LogP contribution in [0.25, 0.3) is 11.4 Å². The number of nitrogens with zero attached hydrogens (tertiary/aromatic N) is 3. The Morgan fingerprint density at radius 2 is 2.14 bits per heavy atom. The number of aromatic amines is 1. The van der Waals surface area contributed by atoms with Crippen LogP contribution >= 0.6 is 11.8 Å². The summed E-state index contributed by atoms with van der Waals surface area (Å²) < 4.78 is 5.73. The van der Waals surface area contributed by atoms with Gasteiger partial charge in [0.1, 0.15) is 11.5 Å². The quantitative estimate of drug-likeness (QED) is 0.728. The highest BCUT2D eigenvalue weighted by Gasteiger charge is 2.05. The van der Waals surface area contributed by atoms with E-state index in [2.05, 4.69) is 32.2 Å². The first kappa shape index (κ1) is 13.7. The van der Waals surface area contributed by atoms with E-state index in [-0.39, 0.29) is 0 Å². The molecule has 0 radical (unpaired) electrons. The molecule has 1 aromatic carbocycles. The topological polar surface area (TPSA) is 79.6 Å². The van der Waals surface area contributed by atoms with Gasteiger partial charge in [0.2, 0.25) is 5.82 Å². The number of rotatable bonds is 6. The predicted molar refractivity (Wildman–Crippen MR) is 82.9 cm³/mol. The van der Waals surface area contributed by atoms with E-state index in [1.165, 1.54) is 0 Å². The molecule has 0 aliphatic rings. The first-order valence-electron chi connectivity index (χ1n) is 6.49. The third-order valence-electron chi connectivity index (χ3n) is 2.94. The van der Waals surface area contributed by atoms with Crippen LogP contribution in [-0.2, 0) is 12.3 Å². The van der Waals surface area contributed by atoms with Gasteiger partial charge in [0, 0.05) is 11.3 Å². The summed E-state index contributed by atoms with van der Waals surface area (Å²) in [5.74, 6) is 3.40. The molecule has 0 aliphatic carbocycles. The molecule has 0 fully saturated rings. The molecule has 0 bridgehead atoms. The maximum Gasteiger partial charge on any atom is 0.204 e. The minimum atomic E-state index is 0.582. The summed E-state index contributed by atoms with van der Waals surface area (Å²) in [7, 11) is 0. The first-order valence-corrected chi connectivity index (χ1v) is 7.89. The first-order chi connectivity index (χ1) is 10.3. The van der Waals surface area contributed by atoms with Gasteiger partial charge in [-0.3, -0.25) is 0 Å². The van der Waals surface area contributed by atoms with Crippen molar-refractivity contribution in [2.24, 2.45) is 0 Å². The van der Waals surface area contributed by atoms with Gasteiger partial charge in [0.15, 0.2) is 0 Å². The van der Waals surface area contributed by atoms with Crippen LogP contribution in [0, 0.1) is 0 Å². The van der Waals surface area contributed by atoms with Crippen molar-refractivity contribution in [3.63, 3.8) is 0 Å². The van der Waals surface area contributed by atoms with Crippen molar-refractivity contribution in [3.8, 4) is 11.4 Å². The van der Waals surface area contributed by atoms with Crippen LogP contribution in [0.4, 0.5) is 5.69 Å². The van der Waals surface area contributed by atoms with Gasteiger partial charge in [-0.25, -0.2) is 0 Å². The highest BCUT2D eigenvalue weighted by Crippen LogP contribution is 2.19. The molecule has 3 rings (SSSR count). The van der Waals surface area contributed by atoms with Gasteiger partial charge in [0.25, 0.3) is 0 Å². The molecule has 2 aromatic heterocycles. The molecule has 2 heterocycles. The number of furan rings is 1. The number of anilines is 1. The summed E-state index contributed by atoms with van der Waals surface area (Å²) in [5.41, 5.74) is 1.90. The minimum Gasteiger partial charge on any atom is -0.463 e. The van der Waals surface area contributed by atoms with Crippen LogP contribution in [0.15, 0.2) is 40.8 Å².